The minimum Gasteiger partial charge on any atom is -0.313 e. The summed E-state index contributed by atoms with van der Waals surface area (Å²) in [5.41, 5.74) is 2.47. The summed E-state index contributed by atoms with van der Waals surface area (Å²) in [7, 11) is 0. The Morgan fingerprint density at radius 2 is 2.05 bits per heavy atom. The van der Waals surface area contributed by atoms with Crippen LogP contribution in [0.1, 0.15) is 38.2 Å². The highest BCUT2D eigenvalue weighted by atomic mass is 32.2. The summed E-state index contributed by atoms with van der Waals surface area (Å²) < 4.78 is 0. The van der Waals surface area contributed by atoms with Crippen LogP contribution in [-0.2, 0) is 6.54 Å². The average molecular weight is 286 g/mol. The molecule has 3 heteroatoms. The Balaban J connectivity index is 1.92. The Kier molecular flexibility index (Phi) is 4.58. The first-order chi connectivity index (χ1) is 9.86. The fourth-order valence-corrected chi connectivity index (χ4v) is 4.11. The molecule has 1 N–H and O–H groups in total. The second kappa shape index (κ2) is 6.59. The number of nitrogens with one attached hydrogen (secondary N) is 1. The summed E-state index contributed by atoms with van der Waals surface area (Å²) >= 11 is 1.99. The quantitative estimate of drug-likeness (QED) is 0.883. The van der Waals surface area contributed by atoms with E-state index in [9.17, 15) is 0 Å². The second-order valence-corrected chi connectivity index (χ2v) is 6.74. The van der Waals surface area contributed by atoms with E-state index in [4.69, 9.17) is 4.98 Å². The van der Waals surface area contributed by atoms with E-state index in [0.717, 1.165) is 23.9 Å². The number of aromatic nitrogens is 1. The van der Waals surface area contributed by atoms with Gasteiger partial charge in [-0.2, -0.15) is 0 Å². The molecule has 0 bridgehead atoms. The van der Waals surface area contributed by atoms with Crippen LogP contribution in [0.2, 0.25) is 0 Å². The molecule has 20 heavy (non-hydrogen) atoms. The molecule has 1 aromatic heterocycles. The zero-order valence-electron chi connectivity index (χ0n) is 12.1. The van der Waals surface area contributed by atoms with Crippen molar-refractivity contribution in [3.05, 3.63) is 35.9 Å². The third-order valence-electron chi connectivity index (χ3n) is 3.91. The van der Waals surface area contributed by atoms with Crippen molar-refractivity contribution >= 4 is 22.7 Å². The first-order valence-electron chi connectivity index (χ1n) is 7.63. The number of para-hydroxylation sites is 1. The molecule has 1 aromatic carbocycles. The molecule has 2 aromatic rings. The molecule has 1 heterocycles. The summed E-state index contributed by atoms with van der Waals surface area (Å²) in [5.74, 6) is 0. The van der Waals surface area contributed by atoms with Gasteiger partial charge < -0.3 is 5.32 Å². The highest BCUT2D eigenvalue weighted by Crippen LogP contribution is 2.36. The minimum absolute atomic E-state index is 0.768. The number of rotatable bonds is 5. The smallest absolute Gasteiger partial charge is 0.101 e. The van der Waals surface area contributed by atoms with Gasteiger partial charge in [-0.05, 0) is 37.1 Å². The molecule has 0 radical (unpaired) electrons. The molecular formula is C17H22N2S. The van der Waals surface area contributed by atoms with Gasteiger partial charge in [0.25, 0.3) is 0 Å². The maximum Gasteiger partial charge on any atom is 0.101 e. The van der Waals surface area contributed by atoms with Crippen LogP contribution in [0.3, 0.4) is 0 Å². The molecule has 1 aliphatic carbocycles. The first kappa shape index (κ1) is 13.9. The van der Waals surface area contributed by atoms with Crippen molar-refractivity contribution in [2.75, 3.05) is 6.54 Å². The third-order valence-corrected chi connectivity index (χ3v) is 5.29. The van der Waals surface area contributed by atoms with Gasteiger partial charge in [-0.3, -0.25) is 0 Å². The van der Waals surface area contributed by atoms with Crippen molar-refractivity contribution < 1.29 is 0 Å². The van der Waals surface area contributed by atoms with Gasteiger partial charge in [-0.1, -0.05) is 38.0 Å². The Labute approximate surface area is 125 Å². The molecule has 0 atom stereocenters. The van der Waals surface area contributed by atoms with Crippen molar-refractivity contribution in [1.82, 2.24) is 10.3 Å². The second-order valence-electron chi connectivity index (χ2n) is 5.45. The van der Waals surface area contributed by atoms with Crippen molar-refractivity contribution in [3.63, 3.8) is 0 Å². The topological polar surface area (TPSA) is 24.9 Å². The van der Waals surface area contributed by atoms with Crippen molar-refractivity contribution in [3.8, 4) is 0 Å². The lowest BCUT2D eigenvalue weighted by Gasteiger charge is -2.14. The molecule has 0 aliphatic heterocycles. The third kappa shape index (κ3) is 3.15. The molecule has 1 saturated carbocycles. The standard InChI is InChI=1S/C17H22N2S/c1-2-18-12-14-11-13-7-3-6-10-16(13)19-17(14)20-15-8-4-5-9-15/h3,6-7,10-11,15,18H,2,4-5,8-9,12H2,1H3. The summed E-state index contributed by atoms with van der Waals surface area (Å²) in [6, 6.07) is 10.7. The zero-order valence-corrected chi connectivity index (χ0v) is 12.9. The highest BCUT2D eigenvalue weighted by molar-refractivity contribution is 7.99. The lowest BCUT2D eigenvalue weighted by molar-refractivity contribution is 0.712. The number of fused-ring (bicyclic) bond motifs is 1. The van der Waals surface area contributed by atoms with Crippen LogP contribution < -0.4 is 5.32 Å². The van der Waals surface area contributed by atoms with Crippen LogP contribution >= 0.6 is 11.8 Å². The van der Waals surface area contributed by atoms with E-state index in [2.05, 4.69) is 42.6 Å². The van der Waals surface area contributed by atoms with Crippen LogP contribution in [0.5, 0.6) is 0 Å². The number of nitrogens with zero attached hydrogens (tertiary/aromatic N) is 1. The van der Waals surface area contributed by atoms with Crippen LogP contribution in [0, 0.1) is 0 Å². The van der Waals surface area contributed by atoms with E-state index >= 15 is 0 Å². The Hall–Kier alpha value is -1.06. The monoisotopic (exact) mass is 286 g/mol. The molecule has 106 valence electrons. The number of hydrogen-bond donors (Lipinski definition) is 1. The maximum atomic E-state index is 4.91. The van der Waals surface area contributed by atoms with Gasteiger partial charge in [-0.25, -0.2) is 4.98 Å². The lowest BCUT2D eigenvalue weighted by atomic mass is 10.1. The Morgan fingerprint density at radius 3 is 2.85 bits per heavy atom. The van der Waals surface area contributed by atoms with E-state index in [0.29, 0.717) is 0 Å². The summed E-state index contributed by atoms with van der Waals surface area (Å²) in [6.07, 6.45) is 5.46. The number of hydrogen-bond acceptors (Lipinski definition) is 3. The molecule has 2 nitrogen and oxygen atoms in total. The van der Waals surface area contributed by atoms with Crippen LogP contribution in [-0.4, -0.2) is 16.8 Å². The van der Waals surface area contributed by atoms with E-state index in [1.54, 1.807) is 0 Å². The SMILES string of the molecule is CCNCc1cc2ccccc2nc1SC1CCCC1. The molecule has 1 fully saturated rings. The molecule has 0 unspecified atom stereocenters. The van der Waals surface area contributed by atoms with Crippen LogP contribution in [0.4, 0.5) is 0 Å². The molecule has 0 saturated heterocycles. The molecule has 0 amide bonds. The predicted molar refractivity (Wildman–Crippen MR) is 87.2 cm³/mol. The summed E-state index contributed by atoms with van der Waals surface area (Å²) in [5, 5.41) is 6.69. The number of benzene rings is 1. The molecule has 0 spiro atoms. The van der Waals surface area contributed by atoms with Crippen LogP contribution in [0.25, 0.3) is 10.9 Å². The fraction of sp³-hybridized carbons (Fsp3) is 0.471. The summed E-state index contributed by atoms with van der Waals surface area (Å²) in [4.78, 5) is 4.91. The molecule has 3 rings (SSSR count). The van der Waals surface area contributed by atoms with Gasteiger partial charge in [0.15, 0.2) is 0 Å². The van der Waals surface area contributed by atoms with E-state index in [1.807, 2.05) is 11.8 Å². The lowest BCUT2D eigenvalue weighted by Crippen LogP contribution is -2.13. The van der Waals surface area contributed by atoms with Gasteiger partial charge in [0.05, 0.1) is 5.52 Å². The van der Waals surface area contributed by atoms with E-state index in [-0.39, 0.29) is 0 Å². The average Bonchev–Trinajstić information content (AvgIpc) is 2.98. The van der Waals surface area contributed by atoms with E-state index < -0.39 is 0 Å². The first-order valence-corrected chi connectivity index (χ1v) is 8.51. The van der Waals surface area contributed by atoms with Crippen molar-refractivity contribution in [2.24, 2.45) is 0 Å². The van der Waals surface area contributed by atoms with Crippen LogP contribution in [0.15, 0.2) is 35.4 Å². The molecule has 1 aliphatic rings. The Morgan fingerprint density at radius 1 is 1.25 bits per heavy atom. The maximum absolute atomic E-state index is 4.91. The Bertz CT molecular complexity index is 576. The van der Waals surface area contributed by atoms with Gasteiger partial charge in [0, 0.05) is 17.2 Å². The minimum atomic E-state index is 0.768. The number of thioether (sulfide) groups is 1. The fourth-order valence-electron chi connectivity index (χ4n) is 2.79. The van der Waals surface area contributed by atoms with Gasteiger partial charge in [0.1, 0.15) is 5.03 Å². The highest BCUT2D eigenvalue weighted by Gasteiger charge is 2.18. The predicted octanol–water partition coefficient (Wildman–Crippen LogP) is 4.38. The van der Waals surface area contributed by atoms with Crippen molar-refractivity contribution in [1.29, 1.82) is 0 Å². The van der Waals surface area contributed by atoms with Gasteiger partial charge >= 0.3 is 0 Å². The van der Waals surface area contributed by atoms with Gasteiger partial charge in [0.2, 0.25) is 0 Å². The zero-order chi connectivity index (χ0) is 13.8. The van der Waals surface area contributed by atoms with E-state index in [1.165, 1.54) is 41.7 Å². The largest absolute Gasteiger partial charge is 0.313 e. The van der Waals surface area contributed by atoms with Crippen molar-refractivity contribution in [2.45, 2.75) is 49.4 Å². The molecular weight excluding hydrogens is 264 g/mol. The normalized spacial score (nSPS) is 16.1. The number of pyridine rings is 1. The van der Waals surface area contributed by atoms with Gasteiger partial charge in [-0.15, -0.1) is 11.8 Å². The summed E-state index contributed by atoms with van der Waals surface area (Å²) in [6.45, 7) is 4.07.